The molecule has 0 saturated carbocycles. The lowest BCUT2D eigenvalue weighted by Crippen LogP contribution is -2.08. The largest absolute Gasteiger partial charge is 0.465 e. The van der Waals surface area contributed by atoms with E-state index in [-0.39, 0.29) is 5.43 Å². The van der Waals surface area contributed by atoms with Crippen LogP contribution in [0, 0.1) is 6.92 Å². The molecular weight excluding hydrogens is 320 g/mol. The van der Waals surface area contributed by atoms with Crippen LogP contribution in [0.3, 0.4) is 0 Å². The summed E-state index contributed by atoms with van der Waals surface area (Å²) in [6, 6.07) is 10.3. The van der Waals surface area contributed by atoms with Gasteiger partial charge in [0.25, 0.3) is 0 Å². The number of fused-ring (bicyclic) bond motifs is 2. The number of esters is 1. The summed E-state index contributed by atoms with van der Waals surface area (Å²) in [5, 5.41) is 5.34. The molecule has 3 aromatic heterocycles. The molecular formula is C18H14N4O3. The highest BCUT2D eigenvalue weighted by molar-refractivity contribution is 5.98. The van der Waals surface area contributed by atoms with Gasteiger partial charge < -0.3 is 9.72 Å². The van der Waals surface area contributed by atoms with E-state index in [9.17, 15) is 9.59 Å². The molecule has 1 N–H and O–H groups in total. The number of carbonyl (C=O) groups is 1. The molecule has 25 heavy (non-hydrogen) atoms. The topological polar surface area (TPSA) is 89.9 Å². The van der Waals surface area contributed by atoms with Crippen LogP contribution >= 0.6 is 0 Å². The summed E-state index contributed by atoms with van der Waals surface area (Å²) in [4.78, 5) is 32.2. The standard InChI is InChI=1S/C18H14N4O3/c1-10-15-16(23)12-9-11(18(24)25-2)6-7-13(12)20-17(15)22(21-10)14-5-3-4-8-19-14/h3-9H,1-2H3,(H,20,23). The quantitative estimate of drug-likeness (QED) is 0.568. The summed E-state index contributed by atoms with van der Waals surface area (Å²) >= 11 is 0. The van der Waals surface area contributed by atoms with Crippen LogP contribution in [-0.2, 0) is 4.74 Å². The van der Waals surface area contributed by atoms with Gasteiger partial charge in [-0.2, -0.15) is 9.78 Å². The van der Waals surface area contributed by atoms with Gasteiger partial charge in [-0.05, 0) is 37.3 Å². The van der Waals surface area contributed by atoms with Crippen LogP contribution < -0.4 is 5.43 Å². The Morgan fingerprint density at radius 3 is 2.80 bits per heavy atom. The van der Waals surface area contributed by atoms with Crippen molar-refractivity contribution in [1.29, 1.82) is 0 Å². The number of pyridine rings is 2. The fourth-order valence-electron chi connectivity index (χ4n) is 2.91. The highest BCUT2D eigenvalue weighted by Crippen LogP contribution is 2.21. The second-order valence-electron chi connectivity index (χ2n) is 5.61. The number of H-pyrrole nitrogens is 1. The van der Waals surface area contributed by atoms with Crippen LogP contribution in [0.15, 0.2) is 47.4 Å². The van der Waals surface area contributed by atoms with Crippen LogP contribution in [0.2, 0.25) is 0 Å². The van der Waals surface area contributed by atoms with E-state index in [0.29, 0.717) is 39.0 Å². The van der Waals surface area contributed by atoms with Crippen molar-refractivity contribution >= 4 is 27.9 Å². The Hall–Kier alpha value is -3.48. The summed E-state index contributed by atoms with van der Waals surface area (Å²) in [7, 11) is 1.31. The minimum absolute atomic E-state index is 0.186. The Kier molecular flexibility index (Phi) is 3.35. The first-order valence-electron chi connectivity index (χ1n) is 7.65. The molecule has 124 valence electrons. The Bertz CT molecular complexity index is 1180. The van der Waals surface area contributed by atoms with Crippen LogP contribution in [-0.4, -0.2) is 32.8 Å². The third kappa shape index (κ3) is 2.28. The SMILES string of the molecule is COC(=O)c1ccc2[nH]c3c(c(C)nn3-c3ccccn3)c(=O)c2c1. The number of hydrogen-bond acceptors (Lipinski definition) is 5. The first kappa shape index (κ1) is 15.1. The zero-order chi connectivity index (χ0) is 17.6. The molecule has 0 atom stereocenters. The maximum absolute atomic E-state index is 13.0. The first-order valence-corrected chi connectivity index (χ1v) is 7.65. The summed E-state index contributed by atoms with van der Waals surface area (Å²) in [5.41, 5.74) is 1.91. The van der Waals surface area contributed by atoms with E-state index in [1.165, 1.54) is 13.2 Å². The normalized spacial score (nSPS) is 11.1. The van der Waals surface area contributed by atoms with Gasteiger partial charge in [0.05, 0.1) is 29.3 Å². The number of hydrogen-bond donors (Lipinski definition) is 1. The number of carbonyl (C=O) groups excluding carboxylic acids is 1. The molecule has 0 fully saturated rings. The lowest BCUT2D eigenvalue weighted by atomic mass is 10.1. The minimum Gasteiger partial charge on any atom is -0.465 e. The molecule has 1 aromatic carbocycles. The van der Waals surface area contributed by atoms with Gasteiger partial charge >= 0.3 is 5.97 Å². The minimum atomic E-state index is -0.484. The van der Waals surface area contributed by atoms with Gasteiger partial charge in [-0.1, -0.05) is 6.07 Å². The molecule has 0 aliphatic carbocycles. The maximum atomic E-state index is 13.0. The van der Waals surface area contributed by atoms with Crippen molar-refractivity contribution in [3.8, 4) is 5.82 Å². The van der Waals surface area contributed by atoms with Crippen molar-refractivity contribution in [2.24, 2.45) is 0 Å². The van der Waals surface area contributed by atoms with Gasteiger partial charge in [0, 0.05) is 11.6 Å². The summed E-state index contributed by atoms with van der Waals surface area (Å²) in [5.74, 6) is 0.129. The van der Waals surface area contributed by atoms with Crippen molar-refractivity contribution in [2.75, 3.05) is 7.11 Å². The number of nitrogens with zero attached hydrogens (tertiary/aromatic N) is 3. The highest BCUT2D eigenvalue weighted by Gasteiger charge is 2.17. The number of methoxy groups -OCH3 is 1. The average Bonchev–Trinajstić information content (AvgIpc) is 2.98. The molecule has 7 heteroatoms. The Morgan fingerprint density at radius 2 is 2.08 bits per heavy atom. The van der Waals surface area contributed by atoms with E-state index in [1.807, 2.05) is 18.2 Å². The third-order valence-electron chi connectivity index (χ3n) is 4.09. The molecule has 0 amide bonds. The van der Waals surface area contributed by atoms with Crippen molar-refractivity contribution in [3.05, 3.63) is 64.1 Å². The van der Waals surface area contributed by atoms with Gasteiger partial charge in [-0.15, -0.1) is 0 Å². The lowest BCUT2D eigenvalue weighted by molar-refractivity contribution is 0.0601. The van der Waals surface area contributed by atoms with E-state index >= 15 is 0 Å². The van der Waals surface area contributed by atoms with Gasteiger partial charge in [-0.25, -0.2) is 9.78 Å². The fourth-order valence-corrected chi connectivity index (χ4v) is 2.91. The van der Waals surface area contributed by atoms with Crippen molar-refractivity contribution in [3.63, 3.8) is 0 Å². The Labute approximate surface area is 141 Å². The van der Waals surface area contributed by atoms with E-state index in [4.69, 9.17) is 4.74 Å². The molecule has 0 unspecified atom stereocenters. The molecule has 0 aliphatic heterocycles. The van der Waals surface area contributed by atoms with Crippen molar-refractivity contribution in [1.82, 2.24) is 19.7 Å². The van der Waals surface area contributed by atoms with Crippen molar-refractivity contribution < 1.29 is 9.53 Å². The third-order valence-corrected chi connectivity index (χ3v) is 4.09. The number of benzene rings is 1. The maximum Gasteiger partial charge on any atom is 0.337 e. The summed E-state index contributed by atoms with van der Waals surface area (Å²) < 4.78 is 6.33. The fraction of sp³-hybridized carbons (Fsp3) is 0.111. The van der Waals surface area contributed by atoms with E-state index in [0.717, 1.165) is 0 Å². The van der Waals surface area contributed by atoms with Gasteiger partial charge in [-0.3, -0.25) is 4.79 Å². The molecule has 0 aliphatic rings. The molecule has 7 nitrogen and oxygen atoms in total. The lowest BCUT2D eigenvalue weighted by Gasteiger charge is -2.05. The number of rotatable bonds is 2. The van der Waals surface area contributed by atoms with E-state index in [1.54, 1.807) is 29.9 Å². The van der Waals surface area contributed by atoms with E-state index in [2.05, 4.69) is 15.1 Å². The van der Waals surface area contributed by atoms with Gasteiger partial charge in [0.1, 0.15) is 5.65 Å². The predicted molar refractivity (Wildman–Crippen MR) is 93.1 cm³/mol. The molecule has 4 rings (SSSR count). The summed E-state index contributed by atoms with van der Waals surface area (Å²) in [6.07, 6.45) is 1.67. The molecule has 3 heterocycles. The van der Waals surface area contributed by atoms with Gasteiger partial charge in [0.15, 0.2) is 5.82 Å². The highest BCUT2D eigenvalue weighted by atomic mass is 16.5. The molecule has 0 bridgehead atoms. The Morgan fingerprint density at radius 1 is 1.24 bits per heavy atom. The number of aromatic amines is 1. The van der Waals surface area contributed by atoms with Crippen LogP contribution in [0.1, 0.15) is 16.1 Å². The second-order valence-corrected chi connectivity index (χ2v) is 5.61. The molecule has 0 saturated heterocycles. The zero-order valence-corrected chi connectivity index (χ0v) is 13.6. The first-order chi connectivity index (χ1) is 12.1. The van der Waals surface area contributed by atoms with Crippen LogP contribution in [0.5, 0.6) is 0 Å². The predicted octanol–water partition coefficient (Wildman–Crippen LogP) is 2.36. The number of ether oxygens (including phenoxy) is 1. The van der Waals surface area contributed by atoms with Crippen molar-refractivity contribution in [2.45, 2.75) is 6.92 Å². The van der Waals surface area contributed by atoms with E-state index < -0.39 is 5.97 Å². The van der Waals surface area contributed by atoms with Crippen LogP contribution in [0.4, 0.5) is 0 Å². The average molecular weight is 334 g/mol. The zero-order valence-electron chi connectivity index (χ0n) is 13.6. The number of aryl methyl sites for hydroxylation is 1. The Balaban J connectivity index is 2.06. The molecule has 0 spiro atoms. The number of aromatic nitrogens is 4. The van der Waals surface area contributed by atoms with Crippen LogP contribution in [0.25, 0.3) is 27.8 Å². The second kappa shape index (κ2) is 5.55. The summed E-state index contributed by atoms with van der Waals surface area (Å²) in [6.45, 7) is 1.77. The molecule has 4 aromatic rings. The smallest absolute Gasteiger partial charge is 0.337 e. The molecule has 0 radical (unpaired) electrons. The van der Waals surface area contributed by atoms with Gasteiger partial charge in [0.2, 0.25) is 5.43 Å². The monoisotopic (exact) mass is 334 g/mol. The number of nitrogens with one attached hydrogen (secondary N) is 1.